The Morgan fingerprint density at radius 3 is 2.20 bits per heavy atom. The Morgan fingerprint density at radius 2 is 2.10 bits per heavy atom. The Balaban J connectivity index is 2.59. The molecule has 2 unspecified atom stereocenters. The van der Waals surface area contributed by atoms with Crippen molar-refractivity contribution in [1.82, 2.24) is 0 Å². The number of Topliss-reactive ketones (excluding diaryl/α,β-unsaturated/α-hetero) is 1. The van der Waals surface area contributed by atoms with Crippen LogP contribution in [0.15, 0.2) is 0 Å². The highest BCUT2D eigenvalue weighted by atomic mass is 16.3. The molecule has 1 aliphatic carbocycles. The van der Waals surface area contributed by atoms with Crippen molar-refractivity contribution in [2.45, 2.75) is 32.8 Å². The lowest BCUT2D eigenvalue weighted by molar-refractivity contribution is -0.133. The minimum atomic E-state index is -0.950. The molecule has 0 aromatic carbocycles. The molecule has 0 bridgehead atoms. The Labute approximate surface area is 61.2 Å². The van der Waals surface area contributed by atoms with Crippen LogP contribution in [-0.2, 0) is 4.79 Å². The van der Waals surface area contributed by atoms with E-state index in [0.29, 0.717) is 6.42 Å². The normalized spacial score (nSPS) is 38.3. The van der Waals surface area contributed by atoms with Gasteiger partial charge in [0, 0.05) is 5.92 Å². The second kappa shape index (κ2) is 2.06. The van der Waals surface area contributed by atoms with Gasteiger partial charge in [-0.15, -0.1) is 0 Å². The van der Waals surface area contributed by atoms with E-state index in [0.717, 1.165) is 0 Å². The van der Waals surface area contributed by atoms with E-state index in [1.807, 2.05) is 20.8 Å². The van der Waals surface area contributed by atoms with E-state index in [1.165, 1.54) is 0 Å². The van der Waals surface area contributed by atoms with Gasteiger partial charge in [-0.3, -0.25) is 4.79 Å². The van der Waals surface area contributed by atoms with E-state index >= 15 is 0 Å². The molecule has 0 spiro atoms. The van der Waals surface area contributed by atoms with Crippen LogP contribution in [0.25, 0.3) is 0 Å². The molecule has 0 radical (unpaired) electrons. The predicted octanol–water partition coefficient (Wildman–Crippen LogP) is 0.982. The number of hydrogen-bond donors (Lipinski definition) is 1. The van der Waals surface area contributed by atoms with Gasteiger partial charge in [-0.2, -0.15) is 0 Å². The summed E-state index contributed by atoms with van der Waals surface area (Å²) < 4.78 is 0. The Bertz CT molecular complexity index is 163. The zero-order valence-corrected chi connectivity index (χ0v) is 6.72. The molecule has 0 heterocycles. The van der Waals surface area contributed by atoms with Crippen LogP contribution in [0.4, 0.5) is 0 Å². The van der Waals surface area contributed by atoms with Crippen molar-refractivity contribution in [2.75, 3.05) is 0 Å². The van der Waals surface area contributed by atoms with Gasteiger partial charge in [0.2, 0.25) is 0 Å². The van der Waals surface area contributed by atoms with Crippen LogP contribution in [0.3, 0.4) is 0 Å². The fourth-order valence-corrected chi connectivity index (χ4v) is 1.25. The van der Waals surface area contributed by atoms with Gasteiger partial charge in [-0.25, -0.2) is 0 Å². The molecule has 1 fully saturated rings. The van der Waals surface area contributed by atoms with Crippen molar-refractivity contribution in [1.29, 1.82) is 0 Å². The zero-order chi connectivity index (χ0) is 7.94. The smallest absolute Gasteiger partial charge is 0.167 e. The molecule has 10 heavy (non-hydrogen) atoms. The summed E-state index contributed by atoms with van der Waals surface area (Å²) in [6, 6.07) is 0. The number of rotatable bonds is 2. The molecule has 2 heteroatoms. The predicted molar refractivity (Wildman–Crippen MR) is 38.6 cm³/mol. The number of carbonyl (C=O) groups is 1. The highest BCUT2D eigenvalue weighted by Gasteiger charge is 2.55. The van der Waals surface area contributed by atoms with Gasteiger partial charge in [-0.05, 0) is 12.3 Å². The highest BCUT2D eigenvalue weighted by Crippen LogP contribution is 2.44. The van der Waals surface area contributed by atoms with Crippen LogP contribution in [0, 0.1) is 11.8 Å². The number of carbonyl (C=O) groups excluding carboxylic acids is 1. The summed E-state index contributed by atoms with van der Waals surface area (Å²) in [4.78, 5) is 11.2. The van der Waals surface area contributed by atoms with E-state index in [2.05, 4.69) is 0 Å². The Morgan fingerprint density at radius 1 is 1.70 bits per heavy atom. The maximum absolute atomic E-state index is 11.2. The third-order valence-corrected chi connectivity index (χ3v) is 2.22. The summed E-state index contributed by atoms with van der Waals surface area (Å²) >= 11 is 0. The van der Waals surface area contributed by atoms with Gasteiger partial charge in [0.25, 0.3) is 0 Å². The summed E-state index contributed by atoms with van der Waals surface area (Å²) in [5.74, 6) is 0.150. The van der Waals surface area contributed by atoms with Crippen LogP contribution in [0.2, 0.25) is 0 Å². The van der Waals surface area contributed by atoms with Gasteiger partial charge in [0.1, 0.15) is 5.60 Å². The molecule has 2 nitrogen and oxygen atoms in total. The van der Waals surface area contributed by atoms with Crippen LogP contribution < -0.4 is 0 Å². The topological polar surface area (TPSA) is 37.3 Å². The molecule has 0 aromatic rings. The molecule has 0 aromatic heterocycles. The lowest BCUT2D eigenvalue weighted by Gasteiger charge is -2.09. The molecule has 58 valence electrons. The summed E-state index contributed by atoms with van der Waals surface area (Å²) in [6.07, 6.45) is 0.657. The monoisotopic (exact) mass is 142 g/mol. The zero-order valence-electron chi connectivity index (χ0n) is 6.72. The fraction of sp³-hybridized carbons (Fsp3) is 0.875. The molecular formula is C8H14O2. The Hall–Kier alpha value is -0.370. The molecule has 1 N–H and O–H groups in total. The van der Waals surface area contributed by atoms with Gasteiger partial charge in [0.15, 0.2) is 5.78 Å². The first-order valence-electron chi connectivity index (χ1n) is 3.75. The summed E-state index contributed by atoms with van der Waals surface area (Å²) in [6.45, 7) is 5.55. The van der Waals surface area contributed by atoms with Crippen molar-refractivity contribution < 1.29 is 9.90 Å². The van der Waals surface area contributed by atoms with Gasteiger partial charge >= 0.3 is 0 Å². The minimum Gasteiger partial charge on any atom is -0.382 e. The molecule has 0 saturated heterocycles. The third-order valence-electron chi connectivity index (χ3n) is 2.22. The summed E-state index contributed by atoms with van der Waals surface area (Å²) in [7, 11) is 0. The lowest BCUT2D eigenvalue weighted by atomic mass is 10.0. The van der Waals surface area contributed by atoms with Crippen LogP contribution in [0.5, 0.6) is 0 Å². The Kier molecular flexibility index (Phi) is 1.59. The molecule has 1 saturated carbocycles. The number of hydrogen-bond acceptors (Lipinski definition) is 2. The molecule has 1 rings (SSSR count). The maximum Gasteiger partial charge on any atom is 0.167 e. The maximum atomic E-state index is 11.2. The van der Waals surface area contributed by atoms with Crippen LogP contribution in [-0.4, -0.2) is 16.5 Å². The van der Waals surface area contributed by atoms with Crippen molar-refractivity contribution in [3.63, 3.8) is 0 Å². The third kappa shape index (κ3) is 0.966. The van der Waals surface area contributed by atoms with Crippen molar-refractivity contribution in [3.05, 3.63) is 0 Å². The molecule has 0 amide bonds. The first kappa shape index (κ1) is 7.73. The van der Waals surface area contributed by atoms with Crippen molar-refractivity contribution >= 4 is 5.78 Å². The first-order chi connectivity index (χ1) is 4.48. The number of aliphatic hydroxyl groups is 1. The second-order valence-corrected chi connectivity index (χ2v) is 3.55. The quantitative estimate of drug-likeness (QED) is 0.624. The molecule has 1 aliphatic rings. The van der Waals surface area contributed by atoms with Gasteiger partial charge in [0.05, 0.1) is 0 Å². The lowest BCUT2D eigenvalue weighted by Crippen LogP contribution is -2.28. The largest absolute Gasteiger partial charge is 0.382 e. The summed E-state index contributed by atoms with van der Waals surface area (Å²) in [5, 5.41) is 9.49. The SMILES string of the molecule is CC(C)C(=O)C1(O)CC1C. The summed E-state index contributed by atoms with van der Waals surface area (Å²) in [5.41, 5.74) is -0.950. The fourth-order valence-electron chi connectivity index (χ4n) is 1.25. The standard InChI is InChI=1S/C8H14O2/c1-5(2)7(9)8(10)4-6(8)3/h5-6,10H,4H2,1-3H3. The van der Waals surface area contributed by atoms with Crippen molar-refractivity contribution in [2.24, 2.45) is 11.8 Å². The van der Waals surface area contributed by atoms with Gasteiger partial charge < -0.3 is 5.11 Å². The second-order valence-electron chi connectivity index (χ2n) is 3.55. The van der Waals surface area contributed by atoms with E-state index < -0.39 is 5.60 Å². The van der Waals surface area contributed by atoms with E-state index in [9.17, 15) is 9.90 Å². The molecule has 0 aliphatic heterocycles. The van der Waals surface area contributed by atoms with E-state index in [1.54, 1.807) is 0 Å². The van der Waals surface area contributed by atoms with Crippen LogP contribution in [0.1, 0.15) is 27.2 Å². The number of ketones is 1. The average Bonchev–Trinajstić information content (AvgIpc) is 2.41. The highest BCUT2D eigenvalue weighted by molar-refractivity contribution is 5.91. The van der Waals surface area contributed by atoms with Crippen molar-refractivity contribution in [3.8, 4) is 0 Å². The molecular weight excluding hydrogens is 128 g/mol. The van der Waals surface area contributed by atoms with E-state index in [4.69, 9.17) is 0 Å². The van der Waals surface area contributed by atoms with Gasteiger partial charge in [-0.1, -0.05) is 20.8 Å². The molecule has 2 atom stereocenters. The first-order valence-corrected chi connectivity index (χ1v) is 3.75. The van der Waals surface area contributed by atoms with Crippen LogP contribution >= 0.6 is 0 Å². The minimum absolute atomic E-state index is 0.000000000000000444. The van der Waals surface area contributed by atoms with E-state index in [-0.39, 0.29) is 17.6 Å². The average molecular weight is 142 g/mol.